The first-order chi connectivity index (χ1) is 16.3. The first-order valence-electron chi connectivity index (χ1n) is 11.4. The van der Waals surface area contributed by atoms with E-state index in [4.69, 9.17) is 4.74 Å². The minimum absolute atomic E-state index is 0.142. The van der Waals surface area contributed by atoms with Gasteiger partial charge in [0.2, 0.25) is 15.9 Å². The Morgan fingerprint density at radius 3 is 2.74 bits per heavy atom. The maximum Gasteiger partial charge on any atom is 0.247 e. The Kier molecular flexibility index (Phi) is 6.41. The quantitative estimate of drug-likeness (QED) is 0.506. The monoisotopic (exact) mass is 503 g/mol. The lowest BCUT2D eigenvalue weighted by molar-refractivity contribution is -0.122. The van der Waals surface area contributed by atoms with E-state index < -0.39 is 16.1 Å². The first kappa shape index (κ1) is 23.3. The molecule has 2 aliphatic heterocycles. The topological polar surface area (TPSA) is 79.8 Å². The zero-order valence-corrected chi connectivity index (χ0v) is 20.4. The Bertz CT molecular complexity index is 1300. The van der Waals surface area contributed by atoms with Gasteiger partial charge in [0.15, 0.2) is 5.13 Å². The fourth-order valence-electron chi connectivity index (χ4n) is 4.56. The molecule has 2 atom stereocenters. The maximum atomic E-state index is 13.9. The number of nitrogens with zero attached hydrogens (tertiary/aromatic N) is 3. The predicted octanol–water partition coefficient (Wildman–Crippen LogP) is 4.11. The number of anilines is 1. The van der Waals surface area contributed by atoms with Crippen molar-refractivity contribution in [1.82, 2.24) is 9.29 Å². The summed E-state index contributed by atoms with van der Waals surface area (Å²) in [6, 6.07) is 10.2. The highest BCUT2D eigenvalue weighted by Crippen LogP contribution is 2.34. The summed E-state index contributed by atoms with van der Waals surface area (Å²) in [6.07, 6.45) is 2.62. The predicted molar refractivity (Wildman–Crippen MR) is 129 cm³/mol. The lowest BCUT2D eigenvalue weighted by atomic mass is 10.2. The molecule has 1 amide bonds. The molecule has 5 rings (SSSR count). The van der Waals surface area contributed by atoms with Crippen LogP contribution in [0.15, 0.2) is 47.4 Å². The second-order valence-electron chi connectivity index (χ2n) is 8.78. The van der Waals surface area contributed by atoms with Crippen LogP contribution in [0.25, 0.3) is 10.2 Å². The number of hydrogen-bond acceptors (Lipinski definition) is 6. The smallest absolute Gasteiger partial charge is 0.247 e. The van der Waals surface area contributed by atoms with Gasteiger partial charge in [-0.1, -0.05) is 29.0 Å². The Morgan fingerprint density at radius 1 is 1.21 bits per heavy atom. The third-order valence-electron chi connectivity index (χ3n) is 6.36. The van der Waals surface area contributed by atoms with Crippen LogP contribution < -0.4 is 4.90 Å². The average molecular weight is 504 g/mol. The molecule has 3 aromatic rings. The molecule has 0 N–H and O–H groups in total. The number of aryl methyl sites for hydroxylation is 1. The molecule has 0 aliphatic carbocycles. The summed E-state index contributed by atoms with van der Waals surface area (Å²) in [5.74, 6) is -0.686. The van der Waals surface area contributed by atoms with Gasteiger partial charge in [0.25, 0.3) is 0 Å². The number of rotatable bonds is 6. The molecule has 0 radical (unpaired) electrons. The van der Waals surface area contributed by atoms with E-state index >= 15 is 0 Å². The van der Waals surface area contributed by atoms with E-state index in [1.54, 1.807) is 35.2 Å². The van der Waals surface area contributed by atoms with Crippen molar-refractivity contribution in [2.24, 2.45) is 0 Å². The van der Waals surface area contributed by atoms with Crippen molar-refractivity contribution in [1.29, 1.82) is 0 Å². The third kappa shape index (κ3) is 4.47. The summed E-state index contributed by atoms with van der Waals surface area (Å²) < 4.78 is 48.3. The summed E-state index contributed by atoms with van der Waals surface area (Å²) in [4.78, 5) is 20.2. The number of thiazole rings is 1. The number of fused-ring (bicyclic) bond motifs is 1. The number of hydrogen-bond donors (Lipinski definition) is 0. The van der Waals surface area contributed by atoms with Crippen molar-refractivity contribution in [2.45, 2.75) is 49.6 Å². The molecule has 0 saturated carbocycles. The molecule has 2 aromatic carbocycles. The zero-order chi connectivity index (χ0) is 23.9. The summed E-state index contributed by atoms with van der Waals surface area (Å²) in [5.41, 5.74) is 1.56. The van der Waals surface area contributed by atoms with Crippen LogP contribution >= 0.6 is 11.3 Å². The van der Waals surface area contributed by atoms with Gasteiger partial charge in [-0.2, -0.15) is 4.31 Å². The van der Waals surface area contributed by atoms with Crippen molar-refractivity contribution in [3.63, 3.8) is 0 Å². The summed E-state index contributed by atoms with van der Waals surface area (Å²) in [7, 11) is -3.83. The van der Waals surface area contributed by atoms with Crippen LogP contribution in [0.3, 0.4) is 0 Å². The van der Waals surface area contributed by atoms with Crippen LogP contribution in [0.4, 0.5) is 9.52 Å². The van der Waals surface area contributed by atoms with Gasteiger partial charge >= 0.3 is 0 Å². The summed E-state index contributed by atoms with van der Waals surface area (Å²) in [6.45, 7) is 3.10. The molecule has 180 valence electrons. The second-order valence-corrected chi connectivity index (χ2v) is 11.7. The van der Waals surface area contributed by atoms with E-state index in [0.717, 1.165) is 18.4 Å². The average Bonchev–Trinajstić information content (AvgIpc) is 3.57. The Morgan fingerprint density at radius 2 is 2.00 bits per heavy atom. The number of carbonyl (C=O) groups is 1. The number of benzene rings is 2. The zero-order valence-electron chi connectivity index (χ0n) is 18.8. The fourth-order valence-corrected chi connectivity index (χ4v) is 7.21. The number of aromatic nitrogens is 1. The molecule has 0 spiro atoms. The van der Waals surface area contributed by atoms with Gasteiger partial charge < -0.3 is 4.74 Å². The van der Waals surface area contributed by atoms with Gasteiger partial charge in [-0.3, -0.25) is 9.69 Å². The fraction of sp³-hybridized carbons (Fsp3) is 0.417. The van der Waals surface area contributed by atoms with E-state index in [1.807, 2.05) is 6.92 Å². The summed E-state index contributed by atoms with van der Waals surface area (Å²) in [5, 5.41) is 0.431. The number of ether oxygens (including phenoxy) is 1. The number of amides is 1. The van der Waals surface area contributed by atoms with Crippen LogP contribution in [0.1, 0.15) is 31.2 Å². The molecular weight excluding hydrogens is 477 g/mol. The lowest BCUT2D eigenvalue weighted by Crippen LogP contribution is -2.49. The van der Waals surface area contributed by atoms with E-state index in [9.17, 15) is 17.6 Å². The van der Waals surface area contributed by atoms with E-state index in [-0.39, 0.29) is 35.8 Å². The van der Waals surface area contributed by atoms with Crippen molar-refractivity contribution in [2.75, 3.05) is 24.6 Å². The Hall–Kier alpha value is -2.40. The van der Waals surface area contributed by atoms with Crippen molar-refractivity contribution in [3.8, 4) is 0 Å². The second kappa shape index (κ2) is 9.33. The van der Waals surface area contributed by atoms with Gasteiger partial charge in [-0.15, -0.1) is 0 Å². The molecule has 2 fully saturated rings. The van der Waals surface area contributed by atoms with Gasteiger partial charge in [0, 0.05) is 13.2 Å². The van der Waals surface area contributed by atoms with Crippen molar-refractivity contribution >= 4 is 42.6 Å². The Balaban J connectivity index is 1.48. The molecule has 2 aliphatic rings. The molecule has 10 heteroatoms. The molecule has 2 saturated heterocycles. The minimum Gasteiger partial charge on any atom is -0.376 e. The standard InChI is InChI=1S/C24H26FN3O4S2/c1-16-6-9-19(10-7-16)34(30,31)28-12-2-5-21(28)23(29)27(15-18-4-3-13-32-18)24-26-20-11-8-17(25)14-22(20)33-24/h6-11,14,18,21H,2-5,12-13,15H2,1H3. The van der Waals surface area contributed by atoms with Gasteiger partial charge in [0.1, 0.15) is 11.9 Å². The van der Waals surface area contributed by atoms with Crippen LogP contribution in [0.5, 0.6) is 0 Å². The van der Waals surface area contributed by atoms with Gasteiger partial charge in [-0.25, -0.2) is 17.8 Å². The number of carbonyl (C=O) groups excluding carboxylic acids is 1. The minimum atomic E-state index is -3.83. The SMILES string of the molecule is Cc1ccc(S(=O)(=O)N2CCCC2C(=O)N(CC2CCCO2)c2nc3ccc(F)cc3s2)cc1. The van der Waals surface area contributed by atoms with Crippen LogP contribution in [0, 0.1) is 12.7 Å². The molecule has 3 heterocycles. The van der Waals surface area contributed by atoms with Crippen LogP contribution in [0.2, 0.25) is 0 Å². The van der Waals surface area contributed by atoms with Crippen LogP contribution in [-0.2, 0) is 19.6 Å². The van der Waals surface area contributed by atoms with Crippen molar-refractivity contribution < 1.29 is 22.3 Å². The first-order valence-corrected chi connectivity index (χ1v) is 13.7. The lowest BCUT2D eigenvalue weighted by Gasteiger charge is -2.29. The largest absolute Gasteiger partial charge is 0.376 e. The van der Waals surface area contributed by atoms with Gasteiger partial charge in [0.05, 0.1) is 27.8 Å². The summed E-state index contributed by atoms with van der Waals surface area (Å²) >= 11 is 1.23. The highest BCUT2D eigenvalue weighted by atomic mass is 32.2. The molecule has 7 nitrogen and oxygen atoms in total. The van der Waals surface area contributed by atoms with E-state index in [2.05, 4.69) is 4.98 Å². The van der Waals surface area contributed by atoms with Crippen LogP contribution in [-0.4, -0.2) is 55.5 Å². The number of sulfonamides is 1. The highest BCUT2D eigenvalue weighted by molar-refractivity contribution is 7.89. The van der Waals surface area contributed by atoms with Crippen molar-refractivity contribution in [3.05, 3.63) is 53.8 Å². The third-order valence-corrected chi connectivity index (χ3v) is 9.33. The van der Waals surface area contributed by atoms with E-state index in [0.29, 0.717) is 34.8 Å². The Labute approximate surface area is 202 Å². The van der Waals surface area contributed by atoms with Gasteiger partial charge in [-0.05, 0) is 62.9 Å². The maximum absolute atomic E-state index is 13.9. The molecule has 2 unspecified atom stereocenters. The number of halogens is 1. The molecular formula is C24H26FN3O4S2. The van der Waals surface area contributed by atoms with E-state index in [1.165, 1.54) is 27.8 Å². The molecule has 34 heavy (non-hydrogen) atoms. The molecule has 1 aromatic heterocycles. The normalized spacial score (nSPS) is 21.4. The molecule has 0 bridgehead atoms. The highest BCUT2D eigenvalue weighted by Gasteiger charge is 2.42.